The van der Waals surface area contributed by atoms with Crippen LogP contribution < -0.4 is 0 Å². The molecule has 2 atom stereocenters. The number of carbonyl (C=O) groups excluding carboxylic acids is 1. The maximum atomic E-state index is 12.5. The molecule has 7 heteroatoms. The highest BCUT2D eigenvalue weighted by atomic mass is 19.4. The minimum Gasteiger partial charge on any atom is -0.459 e. The first kappa shape index (κ1) is 13.9. The van der Waals surface area contributed by atoms with Crippen molar-refractivity contribution in [3.8, 4) is 0 Å². The van der Waals surface area contributed by atoms with Crippen molar-refractivity contribution in [2.45, 2.75) is 25.4 Å². The number of esters is 1. The van der Waals surface area contributed by atoms with Gasteiger partial charge in [-0.2, -0.15) is 13.2 Å². The summed E-state index contributed by atoms with van der Waals surface area (Å²) in [4.78, 5) is 10.6. The fraction of sp³-hybridized carbons (Fsp3) is 0.625. The van der Waals surface area contributed by atoms with E-state index in [0.717, 1.165) is 0 Å². The Kier molecular flexibility index (Phi) is 4.70. The van der Waals surface area contributed by atoms with Gasteiger partial charge >= 0.3 is 12.1 Å². The summed E-state index contributed by atoms with van der Waals surface area (Å²) in [5.74, 6) is -1.06. The Morgan fingerprint density at radius 1 is 1.40 bits per heavy atom. The molecule has 0 spiro atoms. The summed E-state index contributed by atoms with van der Waals surface area (Å²) >= 11 is 0. The number of rotatable bonds is 4. The number of halogens is 5. The second-order valence-electron chi connectivity index (χ2n) is 2.84. The van der Waals surface area contributed by atoms with Gasteiger partial charge in [-0.1, -0.05) is 6.58 Å². The minimum absolute atomic E-state index is 0.107. The second-order valence-corrected chi connectivity index (χ2v) is 2.84. The lowest BCUT2D eigenvalue weighted by atomic mass is 10.2. The summed E-state index contributed by atoms with van der Waals surface area (Å²) in [5, 5.41) is 0. The van der Waals surface area contributed by atoms with E-state index < -0.39 is 31.1 Å². The summed E-state index contributed by atoms with van der Waals surface area (Å²) in [7, 11) is 0. The summed E-state index contributed by atoms with van der Waals surface area (Å²) < 4.78 is 63.6. The molecule has 0 bridgehead atoms. The molecule has 15 heavy (non-hydrogen) atoms. The van der Waals surface area contributed by atoms with Crippen LogP contribution in [-0.4, -0.2) is 31.1 Å². The highest BCUT2D eigenvalue weighted by Gasteiger charge is 2.46. The van der Waals surface area contributed by atoms with Crippen LogP contribution >= 0.6 is 0 Å². The first-order valence-electron chi connectivity index (χ1n) is 3.83. The Morgan fingerprint density at radius 3 is 2.20 bits per heavy atom. The molecule has 0 fully saturated rings. The first-order chi connectivity index (χ1) is 6.66. The number of ether oxygens (including phenoxy) is 1. The van der Waals surface area contributed by atoms with E-state index in [4.69, 9.17) is 0 Å². The third kappa shape index (κ3) is 4.75. The smallest absolute Gasteiger partial charge is 0.422 e. The van der Waals surface area contributed by atoms with Gasteiger partial charge in [-0.05, 0) is 6.92 Å². The number of hydrogen-bond acceptors (Lipinski definition) is 2. The van der Waals surface area contributed by atoms with Crippen LogP contribution in [-0.2, 0) is 9.53 Å². The Balaban J connectivity index is 4.10. The van der Waals surface area contributed by atoms with Crippen LogP contribution in [0.1, 0.15) is 6.92 Å². The fourth-order valence-electron chi connectivity index (χ4n) is 0.568. The maximum absolute atomic E-state index is 12.5. The standard InChI is InChI=1S/C8H9F5O2/c1-4(2)7(14)15-3-5(9)6(10)8(11,12)13/h5-6H,1,3H2,2H3. The Hall–Kier alpha value is -1.14. The lowest BCUT2D eigenvalue weighted by Crippen LogP contribution is -2.36. The van der Waals surface area contributed by atoms with Crippen molar-refractivity contribution in [1.29, 1.82) is 0 Å². The Labute approximate surface area is 82.7 Å². The van der Waals surface area contributed by atoms with Crippen molar-refractivity contribution in [2.75, 3.05) is 6.61 Å². The Morgan fingerprint density at radius 2 is 1.87 bits per heavy atom. The van der Waals surface area contributed by atoms with Crippen LogP contribution in [0.2, 0.25) is 0 Å². The van der Waals surface area contributed by atoms with Crippen LogP contribution in [0.5, 0.6) is 0 Å². The monoisotopic (exact) mass is 232 g/mol. The minimum atomic E-state index is -5.30. The predicted molar refractivity (Wildman–Crippen MR) is 41.6 cm³/mol. The SMILES string of the molecule is C=C(C)C(=O)OCC(F)C(F)C(F)(F)F. The second kappa shape index (κ2) is 5.09. The molecule has 2 nitrogen and oxygen atoms in total. The lowest BCUT2D eigenvalue weighted by Gasteiger charge is -2.16. The average molecular weight is 232 g/mol. The molecule has 0 radical (unpaired) electrons. The highest BCUT2D eigenvalue weighted by molar-refractivity contribution is 5.86. The molecule has 0 aliphatic rings. The molecule has 0 heterocycles. The van der Waals surface area contributed by atoms with Crippen LogP contribution in [0.3, 0.4) is 0 Å². The molecule has 0 saturated carbocycles. The summed E-state index contributed by atoms with van der Waals surface area (Å²) in [5.41, 5.74) is -0.107. The van der Waals surface area contributed by atoms with Crippen molar-refractivity contribution in [1.82, 2.24) is 0 Å². The van der Waals surface area contributed by atoms with E-state index in [9.17, 15) is 26.7 Å². The van der Waals surface area contributed by atoms with E-state index in [0.29, 0.717) is 0 Å². The average Bonchev–Trinajstić information content (AvgIpc) is 2.10. The molecule has 88 valence electrons. The fourth-order valence-corrected chi connectivity index (χ4v) is 0.568. The van der Waals surface area contributed by atoms with Crippen molar-refractivity contribution >= 4 is 5.97 Å². The molecule has 0 saturated heterocycles. The van der Waals surface area contributed by atoms with E-state index in [1.807, 2.05) is 0 Å². The van der Waals surface area contributed by atoms with Gasteiger partial charge in [0, 0.05) is 5.57 Å². The van der Waals surface area contributed by atoms with Gasteiger partial charge in [0.05, 0.1) is 0 Å². The van der Waals surface area contributed by atoms with Crippen molar-refractivity contribution in [3.05, 3.63) is 12.2 Å². The van der Waals surface area contributed by atoms with Gasteiger partial charge in [-0.25, -0.2) is 13.6 Å². The molecular formula is C8H9F5O2. The van der Waals surface area contributed by atoms with E-state index in [-0.39, 0.29) is 5.57 Å². The highest BCUT2D eigenvalue weighted by Crippen LogP contribution is 2.27. The van der Waals surface area contributed by atoms with E-state index in [1.54, 1.807) is 0 Å². The number of alkyl halides is 5. The van der Waals surface area contributed by atoms with Gasteiger partial charge in [0.2, 0.25) is 6.17 Å². The first-order valence-corrected chi connectivity index (χ1v) is 3.83. The molecule has 0 aliphatic heterocycles. The summed E-state index contributed by atoms with van der Waals surface area (Å²) in [6.07, 6.45) is -11.9. The summed E-state index contributed by atoms with van der Waals surface area (Å²) in [6, 6.07) is 0. The molecular weight excluding hydrogens is 223 g/mol. The largest absolute Gasteiger partial charge is 0.459 e. The molecule has 0 N–H and O–H groups in total. The van der Waals surface area contributed by atoms with E-state index in [2.05, 4.69) is 11.3 Å². The lowest BCUT2D eigenvalue weighted by molar-refractivity contribution is -0.201. The maximum Gasteiger partial charge on any atom is 0.422 e. The van der Waals surface area contributed by atoms with E-state index in [1.165, 1.54) is 6.92 Å². The molecule has 0 aliphatic carbocycles. The third-order valence-electron chi connectivity index (χ3n) is 1.35. The van der Waals surface area contributed by atoms with Gasteiger partial charge in [-0.3, -0.25) is 0 Å². The van der Waals surface area contributed by atoms with Gasteiger partial charge in [0.1, 0.15) is 6.61 Å². The molecule has 0 aromatic heterocycles. The van der Waals surface area contributed by atoms with E-state index >= 15 is 0 Å². The van der Waals surface area contributed by atoms with Crippen LogP contribution in [0.4, 0.5) is 22.0 Å². The summed E-state index contributed by atoms with van der Waals surface area (Å²) in [6.45, 7) is 3.06. The zero-order valence-electron chi connectivity index (χ0n) is 7.78. The Bertz CT molecular complexity index is 248. The zero-order chi connectivity index (χ0) is 12.2. The van der Waals surface area contributed by atoms with Crippen molar-refractivity contribution in [3.63, 3.8) is 0 Å². The normalized spacial score (nSPS) is 15.6. The third-order valence-corrected chi connectivity index (χ3v) is 1.35. The van der Waals surface area contributed by atoms with Gasteiger partial charge < -0.3 is 4.74 Å². The zero-order valence-corrected chi connectivity index (χ0v) is 7.78. The molecule has 0 aromatic carbocycles. The predicted octanol–water partition coefficient (Wildman–Crippen LogP) is 2.34. The number of carbonyl (C=O) groups is 1. The molecule has 0 rings (SSSR count). The van der Waals surface area contributed by atoms with Crippen molar-refractivity contribution < 1.29 is 31.5 Å². The molecule has 2 unspecified atom stereocenters. The van der Waals surface area contributed by atoms with Gasteiger partial charge in [-0.15, -0.1) is 0 Å². The van der Waals surface area contributed by atoms with Gasteiger partial charge in [0.15, 0.2) is 6.17 Å². The van der Waals surface area contributed by atoms with Gasteiger partial charge in [0.25, 0.3) is 0 Å². The quantitative estimate of drug-likeness (QED) is 0.422. The molecule has 0 aromatic rings. The number of hydrogen-bond donors (Lipinski definition) is 0. The van der Waals surface area contributed by atoms with Crippen LogP contribution in [0, 0.1) is 0 Å². The topological polar surface area (TPSA) is 26.3 Å². The van der Waals surface area contributed by atoms with Crippen LogP contribution in [0.25, 0.3) is 0 Å². The van der Waals surface area contributed by atoms with Crippen LogP contribution in [0.15, 0.2) is 12.2 Å². The van der Waals surface area contributed by atoms with Crippen molar-refractivity contribution in [2.24, 2.45) is 0 Å². The molecule has 0 amide bonds.